The summed E-state index contributed by atoms with van der Waals surface area (Å²) in [6.45, 7) is 7.25. The third kappa shape index (κ3) is 2.10. The van der Waals surface area contributed by atoms with Gasteiger partial charge in [-0.2, -0.15) is 0 Å². The van der Waals surface area contributed by atoms with Gasteiger partial charge >= 0.3 is 0 Å². The maximum Gasteiger partial charge on any atom is 0.119 e. The van der Waals surface area contributed by atoms with Gasteiger partial charge in [0.1, 0.15) is 5.75 Å². The van der Waals surface area contributed by atoms with Gasteiger partial charge in [0.2, 0.25) is 0 Å². The van der Waals surface area contributed by atoms with Crippen LogP contribution in [0.25, 0.3) is 10.9 Å². The van der Waals surface area contributed by atoms with E-state index in [1.807, 2.05) is 6.07 Å². The van der Waals surface area contributed by atoms with Crippen LogP contribution in [0.2, 0.25) is 0 Å². The molecule has 0 saturated heterocycles. The Morgan fingerprint density at radius 2 is 1.94 bits per heavy atom. The van der Waals surface area contributed by atoms with E-state index in [4.69, 9.17) is 10.5 Å². The number of ether oxygens (including phenoxy) is 1. The topological polar surface area (TPSA) is 40.2 Å². The van der Waals surface area contributed by atoms with E-state index in [0.29, 0.717) is 18.5 Å². The number of nitrogens with zero attached hydrogens (tertiary/aromatic N) is 1. The molecule has 0 spiro atoms. The molecule has 1 aromatic carbocycles. The molecule has 2 aromatic rings. The van der Waals surface area contributed by atoms with Crippen molar-refractivity contribution < 1.29 is 4.74 Å². The lowest BCUT2D eigenvalue weighted by Crippen LogP contribution is -2.14. The Hall–Kier alpha value is -1.48. The number of hydrogen-bond donors (Lipinski definition) is 1. The Kier molecular flexibility index (Phi) is 3.62. The molecular weight excluding hydrogens is 224 g/mol. The largest absolute Gasteiger partial charge is 0.497 e. The van der Waals surface area contributed by atoms with Gasteiger partial charge in [0.05, 0.1) is 7.11 Å². The number of hydrogen-bond acceptors (Lipinski definition) is 2. The van der Waals surface area contributed by atoms with Crippen LogP contribution in [-0.2, 0) is 0 Å². The highest BCUT2D eigenvalue weighted by Gasteiger charge is 2.15. The Bertz CT molecular complexity index is 543. The average molecular weight is 246 g/mol. The zero-order valence-corrected chi connectivity index (χ0v) is 11.6. The number of aromatic nitrogens is 1. The number of fused-ring (bicyclic) bond motifs is 1. The van der Waals surface area contributed by atoms with Crippen LogP contribution in [0, 0.1) is 0 Å². The van der Waals surface area contributed by atoms with Crippen molar-refractivity contribution in [3.63, 3.8) is 0 Å². The van der Waals surface area contributed by atoms with Crippen molar-refractivity contribution in [3.8, 4) is 5.75 Å². The first-order valence-corrected chi connectivity index (χ1v) is 6.47. The smallest absolute Gasteiger partial charge is 0.119 e. The first-order chi connectivity index (χ1) is 8.58. The molecule has 3 heteroatoms. The first kappa shape index (κ1) is 13.0. The normalized spacial score (nSPS) is 13.2. The zero-order valence-electron chi connectivity index (χ0n) is 11.6. The van der Waals surface area contributed by atoms with Crippen LogP contribution in [0.1, 0.15) is 38.4 Å². The fraction of sp³-hybridized carbons (Fsp3) is 0.467. The second-order valence-electron chi connectivity index (χ2n) is 5.09. The molecule has 1 atom stereocenters. The van der Waals surface area contributed by atoms with Gasteiger partial charge in [-0.3, -0.25) is 0 Å². The highest BCUT2D eigenvalue weighted by Crippen LogP contribution is 2.30. The predicted molar refractivity (Wildman–Crippen MR) is 76.3 cm³/mol. The van der Waals surface area contributed by atoms with Gasteiger partial charge in [-0.1, -0.05) is 6.92 Å². The predicted octanol–water partition coefficient (Wildman–Crippen LogP) is 3.29. The van der Waals surface area contributed by atoms with Crippen LogP contribution in [0.3, 0.4) is 0 Å². The summed E-state index contributed by atoms with van der Waals surface area (Å²) >= 11 is 0. The molecule has 0 aliphatic heterocycles. The van der Waals surface area contributed by atoms with E-state index in [2.05, 4.69) is 43.5 Å². The minimum absolute atomic E-state index is 0.366. The van der Waals surface area contributed by atoms with E-state index in [1.165, 1.54) is 16.6 Å². The molecular formula is C15H22N2O. The maximum absolute atomic E-state index is 5.81. The molecule has 0 saturated carbocycles. The Balaban J connectivity index is 2.66. The van der Waals surface area contributed by atoms with E-state index >= 15 is 0 Å². The van der Waals surface area contributed by atoms with Crippen LogP contribution >= 0.6 is 0 Å². The number of benzene rings is 1. The van der Waals surface area contributed by atoms with Crippen molar-refractivity contribution in [3.05, 3.63) is 30.0 Å². The minimum atomic E-state index is 0.366. The monoisotopic (exact) mass is 246 g/mol. The second-order valence-corrected chi connectivity index (χ2v) is 5.09. The van der Waals surface area contributed by atoms with Crippen molar-refractivity contribution in [2.45, 2.75) is 32.7 Å². The molecule has 0 aliphatic rings. The number of rotatable bonds is 4. The fourth-order valence-electron chi connectivity index (χ4n) is 2.44. The summed E-state index contributed by atoms with van der Waals surface area (Å²) in [5.41, 5.74) is 8.37. The molecule has 1 aromatic heterocycles. The van der Waals surface area contributed by atoms with Gasteiger partial charge in [0.15, 0.2) is 0 Å². The van der Waals surface area contributed by atoms with Crippen LogP contribution in [-0.4, -0.2) is 18.2 Å². The van der Waals surface area contributed by atoms with E-state index in [1.54, 1.807) is 7.11 Å². The summed E-state index contributed by atoms with van der Waals surface area (Å²) in [5.74, 6) is 1.26. The molecule has 18 heavy (non-hydrogen) atoms. The van der Waals surface area contributed by atoms with Gasteiger partial charge in [0, 0.05) is 35.1 Å². The third-order valence-electron chi connectivity index (χ3n) is 3.45. The zero-order chi connectivity index (χ0) is 13.3. The molecule has 0 radical (unpaired) electrons. The van der Waals surface area contributed by atoms with Crippen LogP contribution in [0.15, 0.2) is 24.3 Å². The summed E-state index contributed by atoms with van der Waals surface area (Å²) in [5, 5.41) is 1.22. The van der Waals surface area contributed by atoms with Crippen molar-refractivity contribution in [1.82, 2.24) is 4.57 Å². The van der Waals surface area contributed by atoms with Gasteiger partial charge in [0.25, 0.3) is 0 Å². The Morgan fingerprint density at radius 3 is 2.50 bits per heavy atom. The average Bonchev–Trinajstić information content (AvgIpc) is 2.75. The highest BCUT2D eigenvalue weighted by atomic mass is 16.5. The molecule has 2 N–H and O–H groups in total. The lowest BCUT2D eigenvalue weighted by Gasteiger charge is -2.18. The lowest BCUT2D eigenvalue weighted by molar-refractivity contribution is 0.415. The molecule has 0 amide bonds. The summed E-state index contributed by atoms with van der Waals surface area (Å²) in [7, 11) is 1.70. The summed E-state index contributed by atoms with van der Waals surface area (Å²) in [4.78, 5) is 0. The quantitative estimate of drug-likeness (QED) is 0.899. The highest BCUT2D eigenvalue weighted by molar-refractivity contribution is 5.83. The van der Waals surface area contributed by atoms with E-state index in [9.17, 15) is 0 Å². The van der Waals surface area contributed by atoms with Crippen molar-refractivity contribution in [1.29, 1.82) is 0 Å². The van der Waals surface area contributed by atoms with E-state index in [0.717, 1.165) is 5.75 Å². The van der Waals surface area contributed by atoms with E-state index in [-0.39, 0.29) is 0 Å². The van der Waals surface area contributed by atoms with Gasteiger partial charge in [-0.15, -0.1) is 0 Å². The molecule has 0 aliphatic carbocycles. The van der Waals surface area contributed by atoms with Gasteiger partial charge in [-0.25, -0.2) is 0 Å². The third-order valence-corrected chi connectivity index (χ3v) is 3.45. The molecule has 2 rings (SSSR count). The fourth-order valence-corrected chi connectivity index (χ4v) is 2.44. The Morgan fingerprint density at radius 1 is 1.22 bits per heavy atom. The SMILES string of the molecule is COc1ccc2c(c1)cc(C(C)CN)n2C(C)C. The van der Waals surface area contributed by atoms with E-state index < -0.39 is 0 Å². The molecule has 1 unspecified atom stereocenters. The van der Waals surface area contributed by atoms with Gasteiger partial charge in [-0.05, 0) is 38.1 Å². The molecule has 0 fully saturated rings. The summed E-state index contributed by atoms with van der Waals surface area (Å²) < 4.78 is 7.65. The van der Waals surface area contributed by atoms with Crippen molar-refractivity contribution in [2.75, 3.05) is 13.7 Å². The standard InChI is InChI=1S/C15H22N2O/c1-10(2)17-14-6-5-13(18-4)7-12(14)8-15(17)11(3)9-16/h5-8,10-11H,9,16H2,1-4H3. The van der Waals surface area contributed by atoms with Gasteiger partial charge < -0.3 is 15.0 Å². The maximum atomic E-state index is 5.81. The number of nitrogens with two attached hydrogens (primary N) is 1. The van der Waals surface area contributed by atoms with Crippen LogP contribution in [0.5, 0.6) is 5.75 Å². The summed E-state index contributed by atoms with van der Waals surface area (Å²) in [6, 6.07) is 8.88. The second kappa shape index (κ2) is 5.02. The minimum Gasteiger partial charge on any atom is -0.497 e. The van der Waals surface area contributed by atoms with Crippen LogP contribution < -0.4 is 10.5 Å². The summed E-state index contributed by atoms with van der Waals surface area (Å²) in [6.07, 6.45) is 0. The molecule has 0 bridgehead atoms. The molecule has 1 heterocycles. The molecule has 3 nitrogen and oxygen atoms in total. The van der Waals surface area contributed by atoms with Crippen molar-refractivity contribution >= 4 is 10.9 Å². The molecule has 98 valence electrons. The lowest BCUT2D eigenvalue weighted by atomic mass is 10.1. The van der Waals surface area contributed by atoms with Crippen molar-refractivity contribution in [2.24, 2.45) is 5.73 Å². The number of methoxy groups -OCH3 is 1. The van der Waals surface area contributed by atoms with Crippen LogP contribution in [0.4, 0.5) is 0 Å². The Labute approximate surface area is 109 Å². The first-order valence-electron chi connectivity index (χ1n) is 6.47.